The Morgan fingerprint density at radius 2 is 2.06 bits per heavy atom. The summed E-state index contributed by atoms with van der Waals surface area (Å²) in [5.74, 6) is 0.135. The molecule has 1 aromatic rings. The molecule has 0 atom stereocenters. The van der Waals surface area contributed by atoms with Gasteiger partial charge in [0.25, 0.3) is 0 Å². The van der Waals surface area contributed by atoms with Crippen LogP contribution in [-0.4, -0.2) is 22.1 Å². The van der Waals surface area contributed by atoms with Crippen LogP contribution >= 0.6 is 0 Å². The summed E-state index contributed by atoms with van der Waals surface area (Å²) in [5, 5.41) is 4.20. The zero-order chi connectivity index (χ0) is 12.9. The van der Waals surface area contributed by atoms with Crippen molar-refractivity contribution in [2.45, 2.75) is 46.6 Å². The maximum atomic E-state index is 12.6. The predicted octanol–water partition coefficient (Wildman–Crippen LogP) is 2.24. The molecule has 0 radical (unpaired) electrons. The number of Topliss-reactive ketones (excluding diaryl/α,β-unsaturated/α-hetero) is 1. The molecule has 0 unspecified atom stereocenters. The Balaban J connectivity index is 3.05. The van der Waals surface area contributed by atoms with E-state index in [1.165, 1.54) is 0 Å². The van der Waals surface area contributed by atoms with Crippen molar-refractivity contribution in [3.05, 3.63) is 18.0 Å². The van der Waals surface area contributed by atoms with Crippen LogP contribution in [0.5, 0.6) is 0 Å². The van der Waals surface area contributed by atoms with E-state index in [1.54, 1.807) is 16.9 Å². The normalized spacial score (nSPS) is 11.8. The van der Waals surface area contributed by atoms with Gasteiger partial charge in [0.2, 0.25) is 0 Å². The van der Waals surface area contributed by atoms with Crippen molar-refractivity contribution >= 4 is 5.78 Å². The Kier molecular flexibility index (Phi) is 4.87. The second-order valence-electron chi connectivity index (χ2n) is 4.46. The highest BCUT2D eigenvalue weighted by Crippen LogP contribution is 2.29. The van der Waals surface area contributed by atoms with Gasteiger partial charge in [-0.25, -0.2) is 0 Å². The van der Waals surface area contributed by atoms with Gasteiger partial charge < -0.3 is 5.73 Å². The maximum Gasteiger partial charge on any atom is 0.188 e. The molecule has 0 aromatic carbocycles. The van der Waals surface area contributed by atoms with Gasteiger partial charge >= 0.3 is 0 Å². The highest BCUT2D eigenvalue weighted by atomic mass is 16.1. The third-order valence-corrected chi connectivity index (χ3v) is 3.61. The van der Waals surface area contributed by atoms with Gasteiger partial charge in [0, 0.05) is 24.7 Å². The van der Waals surface area contributed by atoms with E-state index >= 15 is 0 Å². The highest BCUT2D eigenvalue weighted by Gasteiger charge is 2.35. The van der Waals surface area contributed by atoms with E-state index in [4.69, 9.17) is 5.73 Å². The van der Waals surface area contributed by atoms with Gasteiger partial charge in [0.15, 0.2) is 5.78 Å². The maximum absolute atomic E-state index is 12.6. The van der Waals surface area contributed by atoms with Crippen LogP contribution in [0.3, 0.4) is 0 Å². The monoisotopic (exact) mass is 237 g/mol. The summed E-state index contributed by atoms with van der Waals surface area (Å²) in [6, 6.07) is 1.80. The number of nitrogens with zero attached hydrogens (tertiary/aromatic N) is 2. The minimum absolute atomic E-state index is 0.135. The zero-order valence-electron chi connectivity index (χ0n) is 11.1. The Morgan fingerprint density at radius 3 is 2.53 bits per heavy atom. The number of aryl methyl sites for hydroxylation is 1. The van der Waals surface area contributed by atoms with E-state index in [0.717, 1.165) is 25.8 Å². The fourth-order valence-electron chi connectivity index (χ4n) is 2.14. The van der Waals surface area contributed by atoms with Crippen molar-refractivity contribution < 1.29 is 4.79 Å². The minimum Gasteiger partial charge on any atom is -0.329 e. The summed E-state index contributed by atoms with van der Waals surface area (Å²) >= 11 is 0. The van der Waals surface area contributed by atoms with E-state index in [2.05, 4.69) is 12.0 Å². The lowest BCUT2D eigenvalue weighted by Crippen LogP contribution is -2.38. The van der Waals surface area contributed by atoms with E-state index in [1.807, 2.05) is 13.8 Å². The number of aromatic nitrogens is 2. The third kappa shape index (κ3) is 2.57. The SMILES string of the molecule is CCCn1nccc1C(=O)C(CC)(CC)CN. The Bertz CT molecular complexity index is 358. The summed E-state index contributed by atoms with van der Waals surface area (Å²) in [5.41, 5.74) is 6.08. The van der Waals surface area contributed by atoms with Crippen molar-refractivity contribution in [2.75, 3.05) is 6.54 Å². The first-order chi connectivity index (χ1) is 8.15. The van der Waals surface area contributed by atoms with Crippen LogP contribution in [0.25, 0.3) is 0 Å². The van der Waals surface area contributed by atoms with Crippen molar-refractivity contribution in [1.29, 1.82) is 0 Å². The van der Waals surface area contributed by atoms with Gasteiger partial charge in [-0.3, -0.25) is 9.48 Å². The topological polar surface area (TPSA) is 60.9 Å². The Hall–Kier alpha value is -1.16. The number of carbonyl (C=O) groups excluding carboxylic acids is 1. The lowest BCUT2D eigenvalue weighted by atomic mass is 9.77. The summed E-state index contributed by atoms with van der Waals surface area (Å²) in [7, 11) is 0. The standard InChI is InChI=1S/C13H23N3O/c1-4-9-16-11(7-8-15-16)12(17)13(5-2,6-3)10-14/h7-8H,4-6,9-10,14H2,1-3H3. The van der Waals surface area contributed by atoms with Crippen LogP contribution in [0, 0.1) is 5.41 Å². The summed E-state index contributed by atoms with van der Waals surface area (Å²) < 4.78 is 1.79. The lowest BCUT2D eigenvalue weighted by Gasteiger charge is -2.28. The first-order valence-corrected chi connectivity index (χ1v) is 6.41. The predicted molar refractivity (Wildman–Crippen MR) is 68.9 cm³/mol. The quantitative estimate of drug-likeness (QED) is 0.740. The molecule has 0 bridgehead atoms. The van der Waals surface area contributed by atoms with Crippen LogP contribution in [0.4, 0.5) is 0 Å². The molecular formula is C13H23N3O. The molecule has 0 saturated heterocycles. The van der Waals surface area contributed by atoms with E-state index in [9.17, 15) is 4.79 Å². The fraction of sp³-hybridized carbons (Fsp3) is 0.692. The molecule has 0 aliphatic carbocycles. The van der Waals surface area contributed by atoms with Gasteiger partial charge in [0.1, 0.15) is 5.69 Å². The third-order valence-electron chi connectivity index (χ3n) is 3.61. The fourth-order valence-corrected chi connectivity index (χ4v) is 2.14. The summed E-state index contributed by atoms with van der Waals surface area (Å²) in [6.07, 6.45) is 4.21. The van der Waals surface area contributed by atoms with Crippen LogP contribution in [0.2, 0.25) is 0 Å². The molecule has 0 saturated carbocycles. The number of hydrogen-bond acceptors (Lipinski definition) is 3. The molecule has 96 valence electrons. The molecule has 17 heavy (non-hydrogen) atoms. The Morgan fingerprint density at radius 1 is 1.41 bits per heavy atom. The van der Waals surface area contributed by atoms with Gasteiger partial charge in [-0.15, -0.1) is 0 Å². The molecule has 0 fully saturated rings. The zero-order valence-corrected chi connectivity index (χ0v) is 11.1. The number of ketones is 1. The van der Waals surface area contributed by atoms with Crippen LogP contribution < -0.4 is 5.73 Å². The molecule has 0 aliphatic heterocycles. The lowest BCUT2D eigenvalue weighted by molar-refractivity contribution is 0.0775. The molecular weight excluding hydrogens is 214 g/mol. The average molecular weight is 237 g/mol. The van der Waals surface area contributed by atoms with Gasteiger partial charge in [0.05, 0.1) is 0 Å². The highest BCUT2D eigenvalue weighted by molar-refractivity contribution is 5.99. The smallest absolute Gasteiger partial charge is 0.188 e. The molecule has 2 N–H and O–H groups in total. The van der Waals surface area contributed by atoms with Crippen molar-refractivity contribution in [1.82, 2.24) is 9.78 Å². The number of rotatable bonds is 7. The molecule has 1 rings (SSSR count). The van der Waals surface area contributed by atoms with E-state index in [-0.39, 0.29) is 5.78 Å². The van der Waals surface area contributed by atoms with Gasteiger partial charge in [-0.1, -0.05) is 20.8 Å². The second kappa shape index (κ2) is 5.96. The van der Waals surface area contributed by atoms with Crippen molar-refractivity contribution in [3.8, 4) is 0 Å². The van der Waals surface area contributed by atoms with Crippen molar-refractivity contribution in [3.63, 3.8) is 0 Å². The van der Waals surface area contributed by atoms with Gasteiger partial charge in [-0.2, -0.15) is 5.10 Å². The number of carbonyl (C=O) groups is 1. The average Bonchev–Trinajstić information content (AvgIpc) is 2.80. The minimum atomic E-state index is -0.425. The molecule has 0 amide bonds. The summed E-state index contributed by atoms with van der Waals surface area (Å²) in [6.45, 7) is 7.30. The Labute approximate surface area is 103 Å². The van der Waals surface area contributed by atoms with Gasteiger partial charge in [-0.05, 0) is 25.3 Å². The van der Waals surface area contributed by atoms with Crippen LogP contribution in [0.1, 0.15) is 50.5 Å². The van der Waals surface area contributed by atoms with E-state index < -0.39 is 5.41 Å². The number of nitrogens with two attached hydrogens (primary N) is 1. The van der Waals surface area contributed by atoms with Crippen molar-refractivity contribution in [2.24, 2.45) is 11.1 Å². The first-order valence-electron chi connectivity index (χ1n) is 6.41. The van der Waals surface area contributed by atoms with Crippen LogP contribution in [0.15, 0.2) is 12.3 Å². The molecule has 0 spiro atoms. The first kappa shape index (κ1) is 13.9. The number of hydrogen-bond donors (Lipinski definition) is 1. The molecule has 1 heterocycles. The largest absolute Gasteiger partial charge is 0.329 e. The second-order valence-corrected chi connectivity index (χ2v) is 4.46. The van der Waals surface area contributed by atoms with E-state index in [0.29, 0.717) is 12.2 Å². The molecule has 4 heteroatoms. The molecule has 4 nitrogen and oxygen atoms in total. The molecule has 0 aliphatic rings. The summed E-state index contributed by atoms with van der Waals surface area (Å²) in [4.78, 5) is 12.6. The molecule has 1 aromatic heterocycles. The van der Waals surface area contributed by atoms with Crippen LogP contribution in [-0.2, 0) is 6.54 Å².